The number of carboxylic acid groups (broad SMARTS) is 1. The first-order valence-corrected chi connectivity index (χ1v) is 5.44. The number of rotatable bonds is 4. The number of terminal acetylenes is 1. The number of hydrogen-bond donors (Lipinski definition) is 3. The number of aryl methyl sites for hydroxylation is 1. The number of halogens is 1. The molecule has 19 heavy (non-hydrogen) atoms. The third-order valence-corrected chi connectivity index (χ3v) is 2.34. The summed E-state index contributed by atoms with van der Waals surface area (Å²) in [6.45, 7) is 1.55. The average molecular weight is 264 g/mol. The third-order valence-electron chi connectivity index (χ3n) is 2.34. The minimum Gasteiger partial charge on any atom is -0.480 e. The van der Waals surface area contributed by atoms with Crippen molar-refractivity contribution in [3.8, 4) is 12.3 Å². The number of anilines is 1. The molecule has 0 spiro atoms. The number of benzene rings is 1. The summed E-state index contributed by atoms with van der Waals surface area (Å²) in [5.74, 6) is 0.556. The fraction of sp³-hybridized carbons (Fsp3) is 0.231. The van der Waals surface area contributed by atoms with Gasteiger partial charge in [-0.3, -0.25) is 0 Å². The number of carbonyl (C=O) groups excluding carboxylic acids is 1. The molecule has 1 unspecified atom stereocenters. The summed E-state index contributed by atoms with van der Waals surface area (Å²) in [5, 5.41) is 13.4. The zero-order chi connectivity index (χ0) is 14.4. The lowest BCUT2D eigenvalue weighted by molar-refractivity contribution is -0.139. The number of hydrogen-bond acceptors (Lipinski definition) is 2. The van der Waals surface area contributed by atoms with Crippen molar-refractivity contribution in [3.63, 3.8) is 0 Å². The Hall–Kier alpha value is -2.55. The Balaban J connectivity index is 2.66. The first kappa shape index (κ1) is 14.5. The third kappa shape index (κ3) is 4.32. The smallest absolute Gasteiger partial charge is 0.327 e. The Morgan fingerprint density at radius 1 is 1.53 bits per heavy atom. The van der Waals surface area contributed by atoms with E-state index in [1.54, 1.807) is 6.92 Å². The van der Waals surface area contributed by atoms with Gasteiger partial charge in [-0.2, -0.15) is 0 Å². The van der Waals surface area contributed by atoms with Crippen molar-refractivity contribution in [1.82, 2.24) is 5.32 Å². The molecule has 0 aliphatic carbocycles. The summed E-state index contributed by atoms with van der Waals surface area (Å²) >= 11 is 0. The standard InChI is InChI=1S/C13H13FN2O3/c1-3-4-11(12(17)18)16-13(19)15-9-5-6-10(14)8(2)7-9/h1,5-7,11H,4H2,2H3,(H,17,18)(H2,15,16,19). The van der Waals surface area contributed by atoms with Crippen molar-refractivity contribution in [2.45, 2.75) is 19.4 Å². The number of urea groups is 1. The normalized spacial score (nSPS) is 11.2. The molecule has 0 aliphatic heterocycles. The Labute approximate surface area is 109 Å². The summed E-state index contributed by atoms with van der Waals surface area (Å²) < 4.78 is 13.0. The molecule has 0 aliphatic rings. The van der Waals surface area contributed by atoms with E-state index >= 15 is 0 Å². The SMILES string of the molecule is C#CCC(NC(=O)Nc1ccc(F)c(C)c1)C(=O)O. The predicted molar refractivity (Wildman–Crippen MR) is 68.2 cm³/mol. The second-order valence-electron chi connectivity index (χ2n) is 3.86. The van der Waals surface area contributed by atoms with Crippen molar-refractivity contribution < 1.29 is 19.1 Å². The van der Waals surface area contributed by atoms with Gasteiger partial charge in [0, 0.05) is 12.1 Å². The van der Waals surface area contributed by atoms with Crippen LogP contribution in [0.2, 0.25) is 0 Å². The number of amides is 2. The molecule has 3 N–H and O–H groups in total. The first-order chi connectivity index (χ1) is 8.93. The number of carboxylic acids is 1. The second-order valence-corrected chi connectivity index (χ2v) is 3.86. The van der Waals surface area contributed by atoms with E-state index in [1.807, 2.05) is 0 Å². The molecule has 1 rings (SSSR count). The summed E-state index contributed by atoms with van der Waals surface area (Å²) in [6.07, 6.45) is 4.89. The van der Waals surface area contributed by atoms with E-state index in [9.17, 15) is 14.0 Å². The van der Waals surface area contributed by atoms with Crippen molar-refractivity contribution in [1.29, 1.82) is 0 Å². The highest BCUT2D eigenvalue weighted by atomic mass is 19.1. The van der Waals surface area contributed by atoms with Crippen LogP contribution in [0.15, 0.2) is 18.2 Å². The highest BCUT2D eigenvalue weighted by Crippen LogP contribution is 2.13. The first-order valence-electron chi connectivity index (χ1n) is 5.44. The molecule has 0 aromatic heterocycles. The molecular weight excluding hydrogens is 251 g/mol. The molecule has 2 amide bonds. The van der Waals surface area contributed by atoms with Crippen LogP contribution in [0.25, 0.3) is 0 Å². The zero-order valence-electron chi connectivity index (χ0n) is 10.2. The van der Waals surface area contributed by atoms with Crippen LogP contribution in [0, 0.1) is 25.1 Å². The van der Waals surface area contributed by atoms with Crippen molar-refractivity contribution in [2.24, 2.45) is 0 Å². The van der Waals surface area contributed by atoms with Crippen LogP contribution in [0.5, 0.6) is 0 Å². The topological polar surface area (TPSA) is 78.4 Å². The van der Waals surface area contributed by atoms with Gasteiger partial charge in [0.1, 0.15) is 11.9 Å². The molecule has 1 aromatic rings. The summed E-state index contributed by atoms with van der Waals surface area (Å²) in [7, 11) is 0. The molecule has 6 heteroatoms. The molecule has 0 bridgehead atoms. The molecule has 0 saturated carbocycles. The van der Waals surface area contributed by atoms with Gasteiger partial charge < -0.3 is 15.7 Å². The van der Waals surface area contributed by atoms with Gasteiger partial charge in [0.05, 0.1) is 0 Å². The molecule has 0 heterocycles. The maximum Gasteiger partial charge on any atom is 0.327 e. The fourth-order valence-electron chi connectivity index (χ4n) is 1.37. The molecule has 0 saturated heterocycles. The maximum absolute atomic E-state index is 13.0. The molecular formula is C13H13FN2O3. The maximum atomic E-state index is 13.0. The van der Waals surface area contributed by atoms with Gasteiger partial charge in [0.25, 0.3) is 0 Å². The lowest BCUT2D eigenvalue weighted by atomic mass is 10.2. The Bertz CT molecular complexity index is 537. The van der Waals surface area contributed by atoms with Crippen LogP contribution in [-0.2, 0) is 4.79 Å². The number of carbonyl (C=O) groups is 2. The van der Waals surface area contributed by atoms with Gasteiger partial charge in [-0.05, 0) is 30.7 Å². The van der Waals surface area contributed by atoms with E-state index in [4.69, 9.17) is 11.5 Å². The van der Waals surface area contributed by atoms with Crippen LogP contribution in [-0.4, -0.2) is 23.1 Å². The van der Waals surface area contributed by atoms with Gasteiger partial charge in [-0.15, -0.1) is 12.3 Å². The highest BCUT2D eigenvalue weighted by Gasteiger charge is 2.18. The van der Waals surface area contributed by atoms with Crippen LogP contribution in [0.4, 0.5) is 14.9 Å². The van der Waals surface area contributed by atoms with Crippen molar-refractivity contribution >= 4 is 17.7 Å². The number of aliphatic carboxylic acids is 1. The van der Waals surface area contributed by atoms with Gasteiger partial charge in [-0.1, -0.05) is 0 Å². The van der Waals surface area contributed by atoms with E-state index in [1.165, 1.54) is 18.2 Å². The number of nitrogens with one attached hydrogen (secondary N) is 2. The zero-order valence-corrected chi connectivity index (χ0v) is 10.2. The van der Waals surface area contributed by atoms with E-state index in [0.717, 1.165) is 0 Å². The molecule has 1 aromatic carbocycles. The second kappa shape index (κ2) is 6.40. The molecule has 100 valence electrons. The van der Waals surface area contributed by atoms with Gasteiger partial charge in [0.2, 0.25) is 0 Å². The van der Waals surface area contributed by atoms with Crippen LogP contribution < -0.4 is 10.6 Å². The molecule has 0 fully saturated rings. The van der Waals surface area contributed by atoms with E-state index in [0.29, 0.717) is 11.3 Å². The molecule has 0 radical (unpaired) electrons. The predicted octanol–water partition coefficient (Wildman–Crippen LogP) is 1.73. The minimum absolute atomic E-state index is 0.120. The summed E-state index contributed by atoms with van der Waals surface area (Å²) in [4.78, 5) is 22.3. The molecule has 5 nitrogen and oxygen atoms in total. The Morgan fingerprint density at radius 3 is 2.74 bits per heavy atom. The van der Waals surface area contributed by atoms with Gasteiger partial charge in [-0.25, -0.2) is 14.0 Å². The highest BCUT2D eigenvalue weighted by molar-refractivity contribution is 5.92. The lowest BCUT2D eigenvalue weighted by Crippen LogP contribution is -2.42. The van der Waals surface area contributed by atoms with Gasteiger partial charge >= 0.3 is 12.0 Å². The Kier molecular flexibility index (Phi) is 4.89. The average Bonchev–Trinajstić information content (AvgIpc) is 2.33. The minimum atomic E-state index is -1.22. The van der Waals surface area contributed by atoms with Crippen LogP contribution >= 0.6 is 0 Å². The monoisotopic (exact) mass is 264 g/mol. The lowest BCUT2D eigenvalue weighted by Gasteiger charge is -2.13. The van der Waals surface area contributed by atoms with Crippen LogP contribution in [0.3, 0.4) is 0 Å². The van der Waals surface area contributed by atoms with Crippen molar-refractivity contribution in [2.75, 3.05) is 5.32 Å². The van der Waals surface area contributed by atoms with Crippen molar-refractivity contribution in [3.05, 3.63) is 29.6 Å². The molecule has 1 atom stereocenters. The largest absolute Gasteiger partial charge is 0.480 e. The van der Waals surface area contributed by atoms with E-state index in [-0.39, 0.29) is 12.2 Å². The fourth-order valence-corrected chi connectivity index (χ4v) is 1.37. The van der Waals surface area contributed by atoms with Crippen LogP contribution in [0.1, 0.15) is 12.0 Å². The summed E-state index contributed by atoms with van der Waals surface area (Å²) in [6, 6.07) is 2.14. The van der Waals surface area contributed by atoms with E-state index in [2.05, 4.69) is 16.6 Å². The van der Waals surface area contributed by atoms with E-state index < -0.39 is 18.0 Å². The quantitative estimate of drug-likeness (QED) is 0.725. The summed E-state index contributed by atoms with van der Waals surface area (Å²) in [5.41, 5.74) is 0.734. The van der Waals surface area contributed by atoms with Gasteiger partial charge in [0.15, 0.2) is 0 Å². The Morgan fingerprint density at radius 2 is 2.21 bits per heavy atom.